The third-order valence-electron chi connectivity index (χ3n) is 4.24. The smallest absolute Gasteiger partial charge is 0.350 e. The number of fused-ring (bicyclic) bond motifs is 1. The average molecular weight is 381 g/mol. The second-order valence-electron chi connectivity index (χ2n) is 6.46. The Kier molecular flexibility index (Phi) is 6.21. The molecule has 8 nitrogen and oxygen atoms in total. The number of nitrogens with zero attached hydrogens (tertiary/aromatic N) is 3. The number of aromatic nitrogens is 3. The number of anilines is 1. The number of amides is 2. The molecule has 2 aromatic heterocycles. The molecule has 0 fully saturated rings. The Hall–Kier alpha value is -3.42. The molecule has 3 rings (SSSR count). The summed E-state index contributed by atoms with van der Waals surface area (Å²) in [6, 6.07) is 12.6. The van der Waals surface area contributed by atoms with E-state index in [1.165, 1.54) is 9.08 Å². The molecule has 8 heteroatoms. The van der Waals surface area contributed by atoms with E-state index in [0.29, 0.717) is 18.6 Å². The van der Waals surface area contributed by atoms with E-state index in [4.69, 9.17) is 0 Å². The molecule has 28 heavy (non-hydrogen) atoms. The minimum Gasteiger partial charge on any atom is -0.352 e. The molecular formula is C20H23N5O3. The second kappa shape index (κ2) is 8.98. The van der Waals surface area contributed by atoms with Crippen molar-refractivity contribution in [1.82, 2.24) is 19.5 Å². The van der Waals surface area contributed by atoms with Crippen molar-refractivity contribution in [2.75, 3.05) is 5.32 Å². The van der Waals surface area contributed by atoms with Gasteiger partial charge in [-0.3, -0.25) is 14.0 Å². The number of pyridine rings is 1. The van der Waals surface area contributed by atoms with Gasteiger partial charge in [0.2, 0.25) is 11.8 Å². The Morgan fingerprint density at radius 1 is 1.04 bits per heavy atom. The molecular weight excluding hydrogens is 358 g/mol. The molecule has 2 amide bonds. The molecule has 0 spiro atoms. The Morgan fingerprint density at radius 3 is 2.54 bits per heavy atom. The van der Waals surface area contributed by atoms with Crippen LogP contribution in [0.25, 0.3) is 5.65 Å². The van der Waals surface area contributed by atoms with Crippen LogP contribution < -0.4 is 16.3 Å². The van der Waals surface area contributed by atoms with Crippen molar-refractivity contribution >= 4 is 23.1 Å². The molecule has 146 valence electrons. The fourth-order valence-corrected chi connectivity index (χ4v) is 2.77. The molecule has 2 N–H and O–H groups in total. The number of aryl methyl sites for hydroxylation is 1. The van der Waals surface area contributed by atoms with E-state index < -0.39 is 0 Å². The maximum atomic E-state index is 12.2. The lowest BCUT2D eigenvalue weighted by Crippen LogP contribution is -2.27. The molecule has 0 aliphatic rings. The summed E-state index contributed by atoms with van der Waals surface area (Å²) in [5, 5.41) is 9.85. The number of carbonyl (C=O) groups excluding carboxylic acids is 2. The lowest BCUT2D eigenvalue weighted by molar-refractivity contribution is -0.121. The topological polar surface area (TPSA) is 97.5 Å². The van der Waals surface area contributed by atoms with Crippen LogP contribution in [0.4, 0.5) is 5.69 Å². The predicted octanol–water partition coefficient (Wildman–Crippen LogP) is 1.94. The van der Waals surface area contributed by atoms with Gasteiger partial charge in [0.25, 0.3) is 0 Å². The van der Waals surface area contributed by atoms with Gasteiger partial charge in [-0.2, -0.15) is 0 Å². The number of carbonyl (C=O) groups is 2. The van der Waals surface area contributed by atoms with E-state index in [0.717, 1.165) is 17.7 Å². The average Bonchev–Trinajstić information content (AvgIpc) is 3.02. The summed E-state index contributed by atoms with van der Waals surface area (Å²) in [6.07, 6.45) is 3.11. The molecule has 3 aromatic rings. The standard InChI is InChI=1S/C20H23N5O3/c1-2-5-19(27)22-16-9-7-15(8-10-16)14-21-18(26)11-13-25-20(28)24-12-4-3-6-17(24)23-25/h3-4,6-10,12H,2,5,11,13-14H2,1H3,(H,21,26)(H,22,27). The van der Waals surface area contributed by atoms with Crippen LogP contribution in [0.2, 0.25) is 0 Å². The van der Waals surface area contributed by atoms with Gasteiger partial charge in [-0.05, 0) is 36.2 Å². The van der Waals surface area contributed by atoms with Gasteiger partial charge < -0.3 is 10.6 Å². The largest absolute Gasteiger partial charge is 0.352 e. The van der Waals surface area contributed by atoms with Crippen molar-refractivity contribution in [1.29, 1.82) is 0 Å². The van der Waals surface area contributed by atoms with Crippen LogP contribution in [-0.4, -0.2) is 26.0 Å². The third-order valence-corrected chi connectivity index (χ3v) is 4.24. The van der Waals surface area contributed by atoms with E-state index in [9.17, 15) is 14.4 Å². The number of nitrogens with one attached hydrogen (secondary N) is 2. The van der Waals surface area contributed by atoms with Crippen molar-refractivity contribution in [2.45, 2.75) is 39.3 Å². The van der Waals surface area contributed by atoms with Crippen LogP contribution in [0.3, 0.4) is 0 Å². The van der Waals surface area contributed by atoms with Gasteiger partial charge in [0.1, 0.15) is 0 Å². The highest BCUT2D eigenvalue weighted by molar-refractivity contribution is 5.90. The molecule has 0 atom stereocenters. The molecule has 0 aliphatic heterocycles. The summed E-state index contributed by atoms with van der Waals surface area (Å²) in [5.74, 6) is -0.171. The summed E-state index contributed by atoms with van der Waals surface area (Å²) in [5.41, 5.74) is 1.95. The number of hydrogen-bond acceptors (Lipinski definition) is 4. The molecule has 0 bridgehead atoms. The molecule has 1 aromatic carbocycles. The van der Waals surface area contributed by atoms with Crippen LogP contribution in [0, 0.1) is 0 Å². The normalized spacial score (nSPS) is 10.8. The number of hydrogen-bond donors (Lipinski definition) is 2. The fraction of sp³-hybridized carbons (Fsp3) is 0.300. The third kappa shape index (κ3) is 4.85. The van der Waals surface area contributed by atoms with Crippen LogP contribution in [-0.2, 0) is 22.7 Å². The van der Waals surface area contributed by atoms with Crippen molar-refractivity contribution in [3.8, 4) is 0 Å². The summed E-state index contributed by atoms with van der Waals surface area (Å²) in [6.45, 7) is 2.55. The first-order valence-corrected chi connectivity index (χ1v) is 9.26. The minimum atomic E-state index is -0.260. The lowest BCUT2D eigenvalue weighted by Gasteiger charge is -2.07. The van der Waals surface area contributed by atoms with E-state index in [2.05, 4.69) is 15.7 Å². The number of benzene rings is 1. The minimum absolute atomic E-state index is 0.00857. The van der Waals surface area contributed by atoms with E-state index in [1.54, 1.807) is 24.4 Å². The van der Waals surface area contributed by atoms with E-state index in [-0.39, 0.29) is 30.5 Å². The molecule has 2 heterocycles. The van der Waals surface area contributed by atoms with Crippen LogP contribution in [0.1, 0.15) is 31.7 Å². The zero-order chi connectivity index (χ0) is 19.9. The van der Waals surface area contributed by atoms with Crippen molar-refractivity contribution in [3.05, 3.63) is 64.7 Å². The van der Waals surface area contributed by atoms with Gasteiger partial charge in [0, 0.05) is 31.3 Å². The monoisotopic (exact) mass is 381 g/mol. The highest BCUT2D eigenvalue weighted by Crippen LogP contribution is 2.10. The molecule has 0 aliphatic carbocycles. The maximum Gasteiger partial charge on any atom is 0.350 e. The first-order valence-electron chi connectivity index (χ1n) is 9.26. The van der Waals surface area contributed by atoms with Crippen molar-refractivity contribution in [3.63, 3.8) is 0 Å². The van der Waals surface area contributed by atoms with Gasteiger partial charge in [0.05, 0.1) is 6.54 Å². The highest BCUT2D eigenvalue weighted by Gasteiger charge is 2.08. The first-order chi connectivity index (χ1) is 13.6. The second-order valence-corrected chi connectivity index (χ2v) is 6.46. The predicted molar refractivity (Wildman–Crippen MR) is 106 cm³/mol. The highest BCUT2D eigenvalue weighted by atomic mass is 16.2. The maximum absolute atomic E-state index is 12.2. The molecule has 0 saturated heterocycles. The van der Waals surface area contributed by atoms with Gasteiger partial charge in [0.15, 0.2) is 5.65 Å². The summed E-state index contributed by atoms with van der Waals surface area (Å²) < 4.78 is 2.74. The molecule has 0 unspecified atom stereocenters. The molecule has 0 radical (unpaired) electrons. The van der Waals surface area contributed by atoms with Gasteiger partial charge in [-0.15, -0.1) is 5.10 Å². The zero-order valence-corrected chi connectivity index (χ0v) is 15.7. The lowest BCUT2D eigenvalue weighted by atomic mass is 10.2. The SMILES string of the molecule is CCCC(=O)Nc1ccc(CNC(=O)CCn2nc3ccccn3c2=O)cc1. The van der Waals surface area contributed by atoms with Gasteiger partial charge in [-0.25, -0.2) is 9.48 Å². The van der Waals surface area contributed by atoms with Crippen LogP contribution >= 0.6 is 0 Å². The van der Waals surface area contributed by atoms with E-state index >= 15 is 0 Å². The quantitative estimate of drug-likeness (QED) is 0.623. The Morgan fingerprint density at radius 2 is 1.82 bits per heavy atom. The summed E-state index contributed by atoms with van der Waals surface area (Å²) >= 11 is 0. The summed E-state index contributed by atoms with van der Waals surface area (Å²) in [4.78, 5) is 35.8. The van der Waals surface area contributed by atoms with E-state index in [1.807, 2.05) is 31.2 Å². The Bertz CT molecular complexity index is 1020. The molecule has 0 saturated carbocycles. The zero-order valence-electron chi connectivity index (χ0n) is 15.7. The fourth-order valence-electron chi connectivity index (χ4n) is 2.77. The summed E-state index contributed by atoms with van der Waals surface area (Å²) in [7, 11) is 0. The van der Waals surface area contributed by atoms with Gasteiger partial charge in [-0.1, -0.05) is 25.1 Å². The van der Waals surface area contributed by atoms with Gasteiger partial charge >= 0.3 is 5.69 Å². The van der Waals surface area contributed by atoms with Crippen molar-refractivity contribution in [2.24, 2.45) is 0 Å². The number of rotatable bonds is 8. The van der Waals surface area contributed by atoms with Crippen molar-refractivity contribution < 1.29 is 9.59 Å². The van der Waals surface area contributed by atoms with Crippen LogP contribution in [0.15, 0.2) is 53.5 Å². The Balaban J connectivity index is 1.48. The Labute approximate surface area is 162 Å². The first kappa shape index (κ1) is 19.3. The van der Waals surface area contributed by atoms with Crippen LogP contribution in [0.5, 0.6) is 0 Å².